The van der Waals surface area contributed by atoms with Crippen molar-refractivity contribution in [1.29, 1.82) is 0 Å². The Morgan fingerprint density at radius 3 is 1.19 bits per heavy atom. The number of ether oxygens (including phenoxy) is 6. The van der Waals surface area contributed by atoms with Gasteiger partial charge in [0, 0.05) is 0 Å². The number of rotatable bonds is 14. The van der Waals surface area contributed by atoms with Gasteiger partial charge in [0.05, 0.1) is 49.8 Å². The molecule has 0 aliphatic carbocycles. The molecule has 8 nitrogen and oxygen atoms in total. The molecule has 4 aromatic rings. The summed E-state index contributed by atoms with van der Waals surface area (Å²) in [5, 5.41) is -2.05. The molecule has 0 radical (unpaired) electrons. The van der Waals surface area contributed by atoms with Crippen molar-refractivity contribution in [1.82, 2.24) is 0 Å². The largest absolute Gasteiger partial charge is 0.497 e. The van der Waals surface area contributed by atoms with E-state index < -0.39 is 20.3 Å². The van der Waals surface area contributed by atoms with E-state index in [2.05, 4.69) is 45.2 Å². The van der Waals surface area contributed by atoms with Gasteiger partial charge < -0.3 is 28.4 Å². The summed E-state index contributed by atoms with van der Waals surface area (Å²) in [5.74, 6) is 3.56. The predicted octanol–water partition coefficient (Wildman–Crippen LogP) is 8.57. The Bertz CT molecular complexity index is 1710. The lowest BCUT2D eigenvalue weighted by atomic mass is 10.1. The number of benzene rings is 4. The highest BCUT2D eigenvalue weighted by atomic mass is 127. The Morgan fingerprint density at radius 2 is 0.894 bits per heavy atom. The van der Waals surface area contributed by atoms with Crippen LogP contribution in [0.2, 0.25) is 0 Å². The van der Waals surface area contributed by atoms with Gasteiger partial charge in [-0.05, 0) is 116 Å². The summed E-state index contributed by atoms with van der Waals surface area (Å²) in [4.78, 5) is 0. The molecule has 248 valence electrons. The lowest BCUT2D eigenvalue weighted by Crippen LogP contribution is -2.19. The van der Waals surface area contributed by atoms with Crippen LogP contribution in [0.25, 0.3) is 12.2 Å². The number of sulfone groups is 1. The van der Waals surface area contributed by atoms with E-state index in [-0.39, 0.29) is 0 Å². The average molecular weight is 883 g/mol. The molecule has 11 heteroatoms. The zero-order valence-electron chi connectivity index (χ0n) is 26.8. The molecule has 0 heterocycles. The fraction of sp³-hybridized carbons (Fsp3) is 0.222. The molecule has 0 N–H and O–H groups in total. The van der Waals surface area contributed by atoms with Crippen LogP contribution in [-0.2, 0) is 9.84 Å². The van der Waals surface area contributed by atoms with Crippen molar-refractivity contribution in [2.24, 2.45) is 0 Å². The smallest absolute Gasteiger partial charge is 0.174 e. The number of methoxy groups -OCH3 is 6. The molecule has 0 bridgehead atoms. The Kier molecular flexibility index (Phi) is 12.9. The third-order valence-electron chi connectivity index (χ3n) is 7.44. The summed E-state index contributed by atoms with van der Waals surface area (Å²) in [6.07, 6.45) is 7.00. The third kappa shape index (κ3) is 8.54. The molecule has 0 aromatic heterocycles. The van der Waals surface area contributed by atoms with Crippen molar-refractivity contribution in [3.05, 3.63) is 114 Å². The highest BCUT2D eigenvalue weighted by Crippen LogP contribution is 2.40. The van der Waals surface area contributed by atoms with E-state index >= 15 is 0 Å². The fourth-order valence-corrected chi connectivity index (χ4v) is 8.71. The first kappa shape index (κ1) is 36.4. The summed E-state index contributed by atoms with van der Waals surface area (Å²) in [5.41, 5.74) is 2.70. The minimum absolute atomic E-state index is 0.548. The van der Waals surface area contributed by atoms with Crippen molar-refractivity contribution >= 4 is 67.2 Å². The van der Waals surface area contributed by atoms with E-state index in [1.54, 1.807) is 115 Å². The molecular weight excluding hydrogens is 846 g/mol. The summed E-state index contributed by atoms with van der Waals surface area (Å²) >= 11 is 4.34. The van der Waals surface area contributed by atoms with E-state index in [1.807, 2.05) is 24.3 Å². The van der Waals surface area contributed by atoms with Crippen molar-refractivity contribution in [2.75, 3.05) is 42.7 Å². The second-order valence-corrected chi connectivity index (χ2v) is 14.7. The van der Waals surface area contributed by atoms with Crippen molar-refractivity contribution in [3.8, 4) is 34.5 Å². The molecule has 47 heavy (non-hydrogen) atoms. The maximum absolute atomic E-state index is 14.9. The highest BCUT2D eigenvalue weighted by molar-refractivity contribution is 14.1. The van der Waals surface area contributed by atoms with E-state index in [9.17, 15) is 8.42 Å². The number of halogens is 2. The minimum atomic E-state index is -4.00. The lowest BCUT2D eigenvalue weighted by Gasteiger charge is -2.22. The van der Waals surface area contributed by atoms with E-state index in [0.717, 1.165) is 18.3 Å². The zero-order chi connectivity index (χ0) is 34.1. The predicted molar refractivity (Wildman–Crippen MR) is 203 cm³/mol. The van der Waals surface area contributed by atoms with Crippen LogP contribution < -0.4 is 28.4 Å². The molecule has 4 aromatic carbocycles. The van der Waals surface area contributed by atoms with E-state index in [4.69, 9.17) is 28.4 Å². The summed E-state index contributed by atoms with van der Waals surface area (Å²) in [6, 6.07) is 21.6. The molecule has 0 spiro atoms. The Labute approximate surface area is 303 Å². The summed E-state index contributed by atoms with van der Waals surface area (Å²) in [6.45, 7) is 0. The van der Waals surface area contributed by atoms with Crippen LogP contribution in [0, 0.1) is 7.14 Å². The van der Waals surface area contributed by atoms with Crippen LogP contribution in [0.1, 0.15) is 32.8 Å². The lowest BCUT2D eigenvalue weighted by molar-refractivity contribution is 0.353. The van der Waals surface area contributed by atoms with Crippen LogP contribution in [0.3, 0.4) is 0 Å². The second-order valence-electron chi connectivity index (χ2n) is 10.2. The minimum Gasteiger partial charge on any atom is -0.497 e. The normalized spacial score (nSPS) is 12.9. The Morgan fingerprint density at radius 1 is 0.532 bits per heavy atom. The van der Waals surface area contributed by atoms with Crippen LogP contribution in [0.4, 0.5) is 0 Å². The van der Waals surface area contributed by atoms with Gasteiger partial charge in [0.1, 0.15) is 22.0 Å². The maximum Gasteiger partial charge on any atom is 0.174 e. The standard InChI is InChI=1S/C36H36I2O8S/c1-41-27-13-9-25(10-14-27)33(17-7-23-19-29(37)35(45-5)31(21-23)43-3)47(39,40)34(26-11-15-28(42-2)16-12-26)18-8-24-20-30(38)36(46-6)32(22-24)44-4/h7-22,33-34H,1-6H3/b17-7+,18-8+. The molecule has 0 amide bonds. The number of hydrogen-bond donors (Lipinski definition) is 0. The SMILES string of the molecule is COc1ccc(C(/C=C/c2cc(I)c(OC)c(OC)c2)S(=O)(=O)C(/C=C/c2cc(I)c(OC)c(OC)c2)c2ccc(OC)cc2)cc1. The maximum atomic E-state index is 14.9. The second kappa shape index (κ2) is 16.6. The Hall–Kier alpha value is -3.43. The molecular formula is C36H36I2O8S. The first-order chi connectivity index (χ1) is 22.6. The van der Waals surface area contributed by atoms with Gasteiger partial charge in [-0.15, -0.1) is 0 Å². The Balaban J connectivity index is 1.88. The molecule has 0 saturated heterocycles. The molecule has 4 rings (SSSR count). The topological polar surface area (TPSA) is 89.5 Å². The highest BCUT2D eigenvalue weighted by Gasteiger charge is 2.34. The average Bonchev–Trinajstić information content (AvgIpc) is 3.08. The molecule has 2 unspecified atom stereocenters. The molecule has 0 aliphatic heterocycles. The van der Waals surface area contributed by atoms with Gasteiger partial charge in [-0.2, -0.15) is 0 Å². The molecule has 0 saturated carbocycles. The third-order valence-corrected chi connectivity index (χ3v) is 11.3. The first-order valence-electron chi connectivity index (χ1n) is 14.3. The van der Waals surface area contributed by atoms with Crippen LogP contribution in [0.15, 0.2) is 84.9 Å². The van der Waals surface area contributed by atoms with Gasteiger partial charge in [-0.1, -0.05) is 48.6 Å². The summed E-state index contributed by atoms with van der Waals surface area (Å²) in [7, 11) is 5.44. The first-order valence-corrected chi connectivity index (χ1v) is 18.1. The summed E-state index contributed by atoms with van der Waals surface area (Å²) < 4.78 is 64.3. The van der Waals surface area contributed by atoms with E-state index in [1.165, 1.54) is 0 Å². The molecule has 2 atom stereocenters. The van der Waals surface area contributed by atoms with Crippen molar-refractivity contribution < 1.29 is 36.8 Å². The van der Waals surface area contributed by atoms with Crippen LogP contribution >= 0.6 is 45.2 Å². The zero-order valence-corrected chi connectivity index (χ0v) is 32.0. The van der Waals surface area contributed by atoms with Crippen LogP contribution in [-0.4, -0.2) is 51.1 Å². The van der Waals surface area contributed by atoms with Gasteiger partial charge in [-0.3, -0.25) is 0 Å². The van der Waals surface area contributed by atoms with Gasteiger partial charge in [-0.25, -0.2) is 8.42 Å². The van der Waals surface area contributed by atoms with Gasteiger partial charge >= 0.3 is 0 Å². The monoisotopic (exact) mass is 882 g/mol. The quantitative estimate of drug-likeness (QED) is 0.117. The number of hydrogen-bond acceptors (Lipinski definition) is 8. The van der Waals surface area contributed by atoms with Gasteiger partial charge in [0.15, 0.2) is 32.8 Å². The van der Waals surface area contributed by atoms with E-state index in [0.29, 0.717) is 45.6 Å². The van der Waals surface area contributed by atoms with Crippen LogP contribution in [0.5, 0.6) is 34.5 Å². The van der Waals surface area contributed by atoms with Crippen molar-refractivity contribution in [3.63, 3.8) is 0 Å². The van der Waals surface area contributed by atoms with Gasteiger partial charge in [0.25, 0.3) is 0 Å². The van der Waals surface area contributed by atoms with Gasteiger partial charge in [0.2, 0.25) is 0 Å². The fourth-order valence-electron chi connectivity index (χ4n) is 5.03. The van der Waals surface area contributed by atoms with Crippen molar-refractivity contribution in [2.45, 2.75) is 10.5 Å². The molecule has 0 fully saturated rings. The molecule has 0 aliphatic rings.